The van der Waals surface area contributed by atoms with Gasteiger partial charge in [0.25, 0.3) is 0 Å². The molecule has 3 heteroatoms. The van der Waals surface area contributed by atoms with Crippen LogP contribution in [-0.4, -0.2) is 11.6 Å². The summed E-state index contributed by atoms with van der Waals surface area (Å²) < 4.78 is 5.64. The summed E-state index contributed by atoms with van der Waals surface area (Å²) in [6, 6.07) is 5.53. The lowest BCUT2D eigenvalue weighted by Crippen LogP contribution is -2.11. The molecule has 1 heterocycles. The van der Waals surface area contributed by atoms with Gasteiger partial charge in [0.05, 0.1) is 12.2 Å². The van der Waals surface area contributed by atoms with Crippen LogP contribution >= 0.6 is 0 Å². The maximum atomic E-state index is 8.65. The van der Waals surface area contributed by atoms with Crippen LogP contribution in [0.3, 0.4) is 0 Å². The van der Waals surface area contributed by atoms with Crippen LogP contribution < -0.4 is 4.74 Å². The van der Waals surface area contributed by atoms with Crippen molar-refractivity contribution < 1.29 is 4.74 Å². The molecular formula is C14H20N2O. The number of ether oxygens (including phenoxy) is 1. The Morgan fingerprint density at radius 1 is 1.41 bits per heavy atom. The molecule has 0 bridgehead atoms. The predicted octanol–water partition coefficient (Wildman–Crippen LogP) is 3.55. The monoisotopic (exact) mass is 232 g/mol. The first kappa shape index (κ1) is 13.5. The topological polar surface area (TPSA) is 45.9 Å². The molecule has 0 N–H and O–H groups in total. The summed E-state index contributed by atoms with van der Waals surface area (Å²) in [7, 11) is 0. The molecule has 0 aliphatic heterocycles. The van der Waals surface area contributed by atoms with Gasteiger partial charge in [-0.05, 0) is 18.4 Å². The molecule has 0 radical (unpaired) electrons. The minimum absolute atomic E-state index is 0.565. The van der Waals surface area contributed by atoms with Crippen LogP contribution in [0.4, 0.5) is 0 Å². The van der Waals surface area contributed by atoms with Crippen molar-refractivity contribution in [2.45, 2.75) is 39.5 Å². The first-order chi connectivity index (χ1) is 8.30. The Labute approximate surface area is 103 Å². The summed E-state index contributed by atoms with van der Waals surface area (Å²) >= 11 is 0. The van der Waals surface area contributed by atoms with Gasteiger partial charge in [-0.2, -0.15) is 5.26 Å². The van der Waals surface area contributed by atoms with E-state index in [2.05, 4.69) is 18.8 Å². The zero-order valence-electron chi connectivity index (χ0n) is 10.6. The molecule has 0 aliphatic carbocycles. The van der Waals surface area contributed by atoms with Gasteiger partial charge in [-0.25, -0.2) is 4.98 Å². The second-order valence-electron chi connectivity index (χ2n) is 4.22. The van der Waals surface area contributed by atoms with E-state index in [1.54, 1.807) is 18.3 Å². The molecule has 3 nitrogen and oxygen atoms in total. The van der Waals surface area contributed by atoms with Crippen LogP contribution in [0.5, 0.6) is 5.88 Å². The molecule has 92 valence electrons. The standard InChI is InChI=1S/C14H20N2O/c1-3-5-6-12(4-2)11-17-14-8-7-13(9-15)10-16-14/h7-8,10,12H,3-6,11H2,1-2H3. The third kappa shape index (κ3) is 4.86. The first-order valence-corrected chi connectivity index (χ1v) is 6.29. The van der Waals surface area contributed by atoms with E-state index in [9.17, 15) is 0 Å². The summed E-state index contributed by atoms with van der Waals surface area (Å²) in [6.45, 7) is 5.11. The number of nitriles is 1. The summed E-state index contributed by atoms with van der Waals surface area (Å²) in [4.78, 5) is 4.09. The Balaban J connectivity index is 2.40. The Bertz CT molecular complexity index is 353. The largest absolute Gasteiger partial charge is 0.477 e. The number of rotatable bonds is 7. The molecule has 0 saturated heterocycles. The fourth-order valence-corrected chi connectivity index (χ4v) is 1.63. The highest BCUT2D eigenvalue weighted by Gasteiger charge is 2.07. The van der Waals surface area contributed by atoms with Gasteiger partial charge >= 0.3 is 0 Å². The molecule has 0 saturated carbocycles. The van der Waals surface area contributed by atoms with E-state index in [0.29, 0.717) is 17.4 Å². The van der Waals surface area contributed by atoms with E-state index in [4.69, 9.17) is 10.00 Å². The molecule has 1 aromatic heterocycles. The second kappa shape index (κ2) is 7.67. The van der Waals surface area contributed by atoms with Crippen molar-refractivity contribution >= 4 is 0 Å². The fraction of sp³-hybridized carbons (Fsp3) is 0.571. The number of unbranched alkanes of at least 4 members (excludes halogenated alkanes) is 1. The number of hydrogen-bond acceptors (Lipinski definition) is 3. The number of pyridine rings is 1. The van der Waals surface area contributed by atoms with Crippen LogP contribution in [0.2, 0.25) is 0 Å². The highest BCUT2D eigenvalue weighted by atomic mass is 16.5. The van der Waals surface area contributed by atoms with Gasteiger partial charge in [0.15, 0.2) is 0 Å². The molecule has 0 aliphatic rings. The summed E-state index contributed by atoms with van der Waals surface area (Å²) in [5, 5.41) is 8.65. The molecule has 0 aromatic carbocycles. The molecule has 0 fully saturated rings. The number of hydrogen-bond donors (Lipinski definition) is 0. The normalized spacial score (nSPS) is 11.8. The average molecular weight is 232 g/mol. The van der Waals surface area contributed by atoms with Crippen LogP contribution in [0.25, 0.3) is 0 Å². The fourth-order valence-electron chi connectivity index (χ4n) is 1.63. The van der Waals surface area contributed by atoms with Gasteiger partial charge in [-0.1, -0.05) is 33.1 Å². The van der Waals surface area contributed by atoms with Gasteiger partial charge in [-0.15, -0.1) is 0 Å². The Morgan fingerprint density at radius 2 is 2.24 bits per heavy atom. The Kier molecular flexibility index (Phi) is 6.09. The molecular weight excluding hydrogens is 212 g/mol. The number of aromatic nitrogens is 1. The maximum absolute atomic E-state index is 8.65. The molecule has 1 atom stereocenters. The van der Waals surface area contributed by atoms with Crippen molar-refractivity contribution in [2.75, 3.05) is 6.61 Å². The van der Waals surface area contributed by atoms with Gasteiger partial charge in [-0.3, -0.25) is 0 Å². The van der Waals surface area contributed by atoms with E-state index in [1.807, 2.05) is 6.07 Å². The van der Waals surface area contributed by atoms with Crippen molar-refractivity contribution in [1.29, 1.82) is 5.26 Å². The highest BCUT2D eigenvalue weighted by molar-refractivity contribution is 5.28. The lowest BCUT2D eigenvalue weighted by molar-refractivity contribution is 0.226. The van der Waals surface area contributed by atoms with Gasteiger partial charge in [0, 0.05) is 12.3 Å². The molecule has 1 aromatic rings. The highest BCUT2D eigenvalue weighted by Crippen LogP contribution is 2.15. The second-order valence-corrected chi connectivity index (χ2v) is 4.22. The third-order valence-electron chi connectivity index (χ3n) is 2.88. The van der Waals surface area contributed by atoms with Gasteiger partial charge in [0.1, 0.15) is 6.07 Å². The SMILES string of the molecule is CCCCC(CC)COc1ccc(C#N)cn1. The summed E-state index contributed by atoms with van der Waals surface area (Å²) in [6.07, 6.45) is 6.37. The van der Waals surface area contributed by atoms with E-state index in [0.717, 1.165) is 13.0 Å². The van der Waals surface area contributed by atoms with Crippen molar-refractivity contribution in [3.63, 3.8) is 0 Å². The van der Waals surface area contributed by atoms with E-state index in [1.165, 1.54) is 19.3 Å². The quantitative estimate of drug-likeness (QED) is 0.722. The maximum Gasteiger partial charge on any atom is 0.213 e. The number of nitrogens with zero attached hydrogens (tertiary/aromatic N) is 2. The van der Waals surface area contributed by atoms with E-state index in [-0.39, 0.29) is 0 Å². The van der Waals surface area contributed by atoms with Crippen LogP contribution in [0, 0.1) is 17.2 Å². The van der Waals surface area contributed by atoms with Crippen LogP contribution in [-0.2, 0) is 0 Å². The smallest absolute Gasteiger partial charge is 0.213 e. The molecule has 17 heavy (non-hydrogen) atoms. The molecule has 1 unspecified atom stereocenters. The molecule has 1 rings (SSSR count). The van der Waals surface area contributed by atoms with E-state index < -0.39 is 0 Å². The predicted molar refractivity (Wildman–Crippen MR) is 67.8 cm³/mol. The van der Waals surface area contributed by atoms with Crippen molar-refractivity contribution in [1.82, 2.24) is 4.98 Å². The zero-order chi connectivity index (χ0) is 12.5. The molecule has 0 amide bonds. The summed E-state index contributed by atoms with van der Waals surface area (Å²) in [5.41, 5.74) is 0.565. The first-order valence-electron chi connectivity index (χ1n) is 6.29. The Morgan fingerprint density at radius 3 is 2.76 bits per heavy atom. The minimum Gasteiger partial charge on any atom is -0.477 e. The van der Waals surface area contributed by atoms with Gasteiger partial charge < -0.3 is 4.74 Å². The Hall–Kier alpha value is -1.56. The van der Waals surface area contributed by atoms with Crippen LogP contribution in [0.15, 0.2) is 18.3 Å². The van der Waals surface area contributed by atoms with E-state index >= 15 is 0 Å². The third-order valence-corrected chi connectivity index (χ3v) is 2.88. The van der Waals surface area contributed by atoms with Crippen molar-refractivity contribution in [3.8, 4) is 11.9 Å². The lowest BCUT2D eigenvalue weighted by atomic mass is 10.0. The van der Waals surface area contributed by atoms with Crippen molar-refractivity contribution in [3.05, 3.63) is 23.9 Å². The minimum atomic E-state index is 0.565. The summed E-state index contributed by atoms with van der Waals surface area (Å²) in [5.74, 6) is 1.21. The average Bonchev–Trinajstić information content (AvgIpc) is 2.39. The zero-order valence-corrected chi connectivity index (χ0v) is 10.6. The van der Waals surface area contributed by atoms with Crippen molar-refractivity contribution in [2.24, 2.45) is 5.92 Å². The molecule has 0 spiro atoms. The van der Waals surface area contributed by atoms with Crippen LogP contribution in [0.1, 0.15) is 45.1 Å². The van der Waals surface area contributed by atoms with Gasteiger partial charge in [0.2, 0.25) is 5.88 Å². The lowest BCUT2D eigenvalue weighted by Gasteiger charge is -2.14.